The number of fused-ring (bicyclic) bond motifs is 2. The third kappa shape index (κ3) is 3.51. The van der Waals surface area contributed by atoms with Gasteiger partial charge in [-0.15, -0.1) is 11.3 Å². The molecule has 7 nitrogen and oxygen atoms in total. The van der Waals surface area contributed by atoms with Gasteiger partial charge < -0.3 is 15.6 Å². The number of imidazole rings is 1. The van der Waals surface area contributed by atoms with Crippen molar-refractivity contribution in [2.24, 2.45) is 5.73 Å². The average molecular weight is 499 g/mol. The van der Waals surface area contributed by atoms with Gasteiger partial charge in [0.15, 0.2) is 0 Å². The van der Waals surface area contributed by atoms with Crippen molar-refractivity contribution in [1.82, 2.24) is 24.8 Å². The van der Waals surface area contributed by atoms with Crippen LogP contribution in [0.25, 0.3) is 15.8 Å². The van der Waals surface area contributed by atoms with Crippen LogP contribution in [0.5, 0.6) is 0 Å². The number of benzene rings is 1. The highest BCUT2D eigenvalue weighted by Gasteiger charge is 2.37. The van der Waals surface area contributed by atoms with Crippen molar-refractivity contribution in [3.05, 3.63) is 81.4 Å². The van der Waals surface area contributed by atoms with E-state index in [0.29, 0.717) is 33.9 Å². The van der Waals surface area contributed by atoms with Crippen molar-refractivity contribution < 1.29 is 9.18 Å². The number of nitrogens with two attached hydrogens (primary N) is 1. The summed E-state index contributed by atoms with van der Waals surface area (Å²) >= 11 is 4.76. The minimum Gasteiger partial charge on any atom is -0.404 e. The zero-order chi connectivity index (χ0) is 21.5. The molecule has 1 atom stereocenters. The van der Waals surface area contributed by atoms with E-state index in [-0.39, 0.29) is 17.3 Å². The molecular weight excluding hydrogens is 483 g/mol. The number of nitrogens with zero attached hydrogens (tertiary/aromatic N) is 4. The predicted molar refractivity (Wildman–Crippen MR) is 120 cm³/mol. The molecular formula is C21H16BrFN6OS. The van der Waals surface area contributed by atoms with Crippen molar-refractivity contribution in [3.8, 4) is 0 Å². The Morgan fingerprint density at radius 2 is 2.19 bits per heavy atom. The molecule has 1 aromatic carbocycles. The second-order valence-corrected chi connectivity index (χ2v) is 9.00. The van der Waals surface area contributed by atoms with E-state index in [4.69, 9.17) is 10.7 Å². The molecule has 1 aliphatic heterocycles. The van der Waals surface area contributed by atoms with Crippen LogP contribution < -0.4 is 5.73 Å². The molecule has 4 heterocycles. The number of carbonyl (C=O) groups excluding carboxylic acids is 1. The Labute approximate surface area is 189 Å². The van der Waals surface area contributed by atoms with Crippen LogP contribution in [0.15, 0.2) is 53.5 Å². The number of carbonyl (C=O) groups is 1. The Bertz CT molecular complexity index is 1330. The average Bonchev–Trinajstić information content (AvgIpc) is 3.39. The van der Waals surface area contributed by atoms with Crippen LogP contribution >= 0.6 is 27.3 Å². The van der Waals surface area contributed by atoms with E-state index in [1.165, 1.54) is 29.7 Å². The second kappa shape index (κ2) is 7.86. The lowest BCUT2D eigenvalue weighted by atomic mass is 10.0. The maximum absolute atomic E-state index is 13.7. The molecule has 0 spiro atoms. The molecule has 3 aromatic heterocycles. The van der Waals surface area contributed by atoms with E-state index in [2.05, 4.69) is 30.9 Å². The van der Waals surface area contributed by atoms with Gasteiger partial charge in [0.05, 0.1) is 33.5 Å². The second-order valence-electron chi connectivity index (χ2n) is 7.02. The van der Waals surface area contributed by atoms with E-state index in [1.54, 1.807) is 35.6 Å². The Kier molecular flexibility index (Phi) is 5.03. The highest BCUT2D eigenvalue weighted by molar-refractivity contribution is 9.10. The monoisotopic (exact) mass is 498 g/mol. The highest BCUT2D eigenvalue weighted by atomic mass is 79.9. The third-order valence-corrected chi connectivity index (χ3v) is 6.75. The summed E-state index contributed by atoms with van der Waals surface area (Å²) < 4.78 is 15.2. The largest absolute Gasteiger partial charge is 0.404 e. The predicted octanol–water partition coefficient (Wildman–Crippen LogP) is 3.79. The molecule has 4 aromatic rings. The van der Waals surface area contributed by atoms with E-state index >= 15 is 0 Å². The van der Waals surface area contributed by atoms with Gasteiger partial charge in [0.2, 0.25) is 0 Å². The van der Waals surface area contributed by atoms with Crippen LogP contribution in [0.4, 0.5) is 4.39 Å². The summed E-state index contributed by atoms with van der Waals surface area (Å²) in [6.45, 7) is 0.453. The van der Waals surface area contributed by atoms with Crippen LogP contribution in [-0.2, 0) is 11.2 Å². The van der Waals surface area contributed by atoms with Gasteiger partial charge in [0, 0.05) is 35.5 Å². The van der Waals surface area contributed by atoms with E-state index in [0.717, 1.165) is 15.9 Å². The van der Waals surface area contributed by atoms with Gasteiger partial charge in [0.1, 0.15) is 16.9 Å². The van der Waals surface area contributed by atoms with E-state index < -0.39 is 6.04 Å². The maximum Gasteiger partial charge on any atom is 0.258 e. The zero-order valence-electron chi connectivity index (χ0n) is 16.0. The molecule has 0 saturated heterocycles. The molecule has 1 aliphatic rings. The van der Waals surface area contributed by atoms with Crippen LogP contribution in [0.1, 0.15) is 28.1 Å². The minimum atomic E-state index is -0.509. The molecule has 0 unspecified atom stereocenters. The van der Waals surface area contributed by atoms with Gasteiger partial charge in [-0.3, -0.25) is 9.78 Å². The number of amides is 1. The maximum atomic E-state index is 13.7. The summed E-state index contributed by atoms with van der Waals surface area (Å²) in [5, 5.41) is 0.667. The van der Waals surface area contributed by atoms with Gasteiger partial charge in [-0.1, -0.05) is 15.9 Å². The zero-order valence-corrected chi connectivity index (χ0v) is 18.5. The topological polar surface area (TPSA) is 101 Å². The molecule has 156 valence electrons. The van der Waals surface area contributed by atoms with Crippen LogP contribution in [0, 0.1) is 5.82 Å². The third-order valence-electron chi connectivity index (χ3n) is 5.18. The summed E-state index contributed by atoms with van der Waals surface area (Å²) in [5.41, 5.74) is 8.99. The number of nitrogens with one attached hydrogen (secondary N) is 1. The van der Waals surface area contributed by atoms with Crippen molar-refractivity contribution in [3.63, 3.8) is 0 Å². The van der Waals surface area contributed by atoms with Crippen LogP contribution in [-0.4, -0.2) is 37.3 Å². The fourth-order valence-electron chi connectivity index (χ4n) is 3.75. The fraction of sp³-hybridized carbons (Fsp3) is 0.143. The lowest BCUT2D eigenvalue weighted by Gasteiger charge is -2.34. The number of thiazole rings is 1. The van der Waals surface area contributed by atoms with Crippen LogP contribution in [0.2, 0.25) is 0 Å². The number of aromatic amines is 1. The van der Waals surface area contributed by atoms with Gasteiger partial charge in [0.25, 0.3) is 5.91 Å². The Morgan fingerprint density at radius 1 is 1.32 bits per heavy atom. The molecule has 5 rings (SSSR count). The SMILES string of the molecule is NC=C(C(=O)N1CCc2[nH]cnc2[C@H]1c1nc2ccc(F)cc2s1)c1cc(Br)ccn1. The number of hydrogen-bond donors (Lipinski definition) is 2. The molecule has 0 radical (unpaired) electrons. The molecule has 0 aliphatic carbocycles. The van der Waals surface area contributed by atoms with Gasteiger partial charge in [-0.05, 0) is 30.3 Å². The number of halogens is 2. The summed E-state index contributed by atoms with van der Waals surface area (Å²) in [5.74, 6) is -0.592. The highest BCUT2D eigenvalue weighted by Crippen LogP contribution is 2.38. The van der Waals surface area contributed by atoms with Crippen molar-refractivity contribution in [1.29, 1.82) is 0 Å². The lowest BCUT2D eigenvalue weighted by Crippen LogP contribution is -2.41. The standard InChI is InChI=1S/C21H16BrFN6OS/c22-11-3-5-25-16(7-11)13(9-24)21(30)29-6-4-15-18(27-10-26-15)19(29)20-28-14-2-1-12(23)8-17(14)31-20/h1-3,5,7-10,19H,4,6,24H2,(H,26,27)/t19-/m0/s1. The van der Waals surface area contributed by atoms with Crippen molar-refractivity contribution in [2.45, 2.75) is 12.5 Å². The van der Waals surface area contributed by atoms with Crippen molar-refractivity contribution >= 4 is 49.0 Å². The molecule has 0 bridgehead atoms. The van der Waals surface area contributed by atoms with Gasteiger partial charge >= 0.3 is 0 Å². The number of aromatic nitrogens is 4. The Hall–Kier alpha value is -3.11. The smallest absolute Gasteiger partial charge is 0.258 e. The normalized spacial score (nSPS) is 16.5. The summed E-state index contributed by atoms with van der Waals surface area (Å²) in [6, 6.07) is 7.49. The number of pyridine rings is 1. The fourth-order valence-corrected chi connectivity index (χ4v) is 5.20. The number of hydrogen-bond acceptors (Lipinski definition) is 6. The molecule has 10 heteroatoms. The summed E-state index contributed by atoms with van der Waals surface area (Å²) in [4.78, 5) is 32.0. The first-order chi connectivity index (χ1) is 15.0. The molecule has 0 fully saturated rings. The first-order valence-electron chi connectivity index (χ1n) is 9.48. The van der Waals surface area contributed by atoms with Crippen molar-refractivity contribution in [2.75, 3.05) is 6.54 Å². The molecule has 1 amide bonds. The van der Waals surface area contributed by atoms with Crippen LogP contribution in [0.3, 0.4) is 0 Å². The molecule has 3 N–H and O–H groups in total. The van der Waals surface area contributed by atoms with Gasteiger partial charge in [-0.25, -0.2) is 14.4 Å². The number of rotatable bonds is 3. The first-order valence-corrected chi connectivity index (χ1v) is 11.1. The Morgan fingerprint density at radius 3 is 3.00 bits per heavy atom. The molecule has 0 saturated carbocycles. The number of H-pyrrole nitrogens is 1. The van der Waals surface area contributed by atoms with E-state index in [1.807, 2.05) is 0 Å². The van der Waals surface area contributed by atoms with Gasteiger partial charge in [-0.2, -0.15) is 0 Å². The van der Waals surface area contributed by atoms with E-state index in [9.17, 15) is 9.18 Å². The minimum absolute atomic E-state index is 0.266. The first kappa shape index (κ1) is 19.8. The molecule has 31 heavy (non-hydrogen) atoms. The Balaban J connectivity index is 1.60. The summed E-state index contributed by atoms with van der Waals surface area (Å²) in [6.07, 6.45) is 5.13. The summed E-state index contributed by atoms with van der Waals surface area (Å²) in [7, 11) is 0. The quantitative estimate of drug-likeness (QED) is 0.418. The lowest BCUT2D eigenvalue weighted by molar-refractivity contribution is -0.127.